The van der Waals surface area contributed by atoms with E-state index in [-0.39, 0.29) is 11.7 Å². The number of ether oxygens (including phenoxy) is 1. The van der Waals surface area contributed by atoms with E-state index < -0.39 is 0 Å². The minimum atomic E-state index is -0.333. The molecule has 0 aliphatic carbocycles. The van der Waals surface area contributed by atoms with Crippen LogP contribution in [0.4, 0.5) is 16.3 Å². The Balaban J connectivity index is 1.73. The number of aryl methyl sites for hydroxylation is 1. The quantitative estimate of drug-likeness (QED) is 0.481. The fourth-order valence-corrected chi connectivity index (χ4v) is 2.96. The van der Waals surface area contributed by atoms with E-state index in [1.807, 2.05) is 25.1 Å². The molecule has 0 aliphatic heterocycles. The van der Waals surface area contributed by atoms with Crippen molar-refractivity contribution in [3.63, 3.8) is 0 Å². The van der Waals surface area contributed by atoms with Gasteiger partial charge in [0.25, 0.3) is 0 Å². The number of hydrogen-bond acceptors (Lipinski definition) is 7. The van der Waals surface area contributed by atoms with E-state index >= 15 is 0 Å². The summed E-state index contributed by atoms with van der Waals surface area (Å²) >= 11 is 0. The molecule has 3 aromatic rings. The second-order valence-electron chi connectivity index (χ2n) is 6.92. The van der Waals surface area contributed by atoms with Gasteiger partial charge < -0.3 is 15.4 Å². The third-order valence-electron chi connectivity index (χ3n) is 4.57. The predicted molar refractivity (Wildman–Crippen MR) is 119 cm³/mol. The number of carbonyl (C=O) groups excluding carboxylic acids is 1. The molecular weight excluding hydrogens is 394 g/mol. The molecule has 3 aromatic heterocycles. The van der Waals surface area contributed by atoms with Crippen molar-refractivity contribution in [2.45, 2.75) is 13.5 Å². The number of rotatable bonds is 8. The van der Waals surface area contributed by atoms with Crippen molar-refractivity contribution < 1.29 is 9.53 Å². The summed E-state index contributed by atoms with van der Waals surface area (Å²) in [6.45, 7) is 3.03. The number of pyridine rings is 3. The van der Waals surface area contributed by atoms with Crippen LogP contribution in [-0.2, 0) is 11.3 Å². The summed E-state index contributed by atoms with van der Waals surface area (Å²) in [5.74, 6) is 0.304. The molecule has 0 saturated carbocycles. The lowest BCUT2D eigenvalue weighted by molar-refractivity contribution is 0.152. The van der Waals surface area contributed by atoms with E-state index in [4.69, 9.17) is 15.9 Å². The minimum Gasteiger partial charge on any atom is -0.398 e. The second kappa shape index (κ2) is 10.3. The Morgan fingerprint density at radius 1 is 1.23 bits per heavy atom. The van der Waals surface area contributed by atoms with E-state index in [2.05, 4.69) is 20.3 Å². The normalized spacial score (nSPS) is 10.5. The van der Waals surface area contributed by atoms with Gasteiger partial charge in [-0.25, -0.2) is 9.78 Å². The van der Waals surface area contributed by atoms with Crippen molar-refractivity contribution in [3.8, 4) is 0 Å². The molecule has 0 radical (unpaired) electrons. The van der Waals surface area contributed by atoms with Crippen LogP contribution >= 0.6 is 0 Å². The van der Waals surface area contributed by atoms with Gasteiger partial charge in [0.1, 0.15) is 5.82 Å². The lowest BCUT2D eigenvalue weighted by Gasteiger charge is -2.22. The Morgan fingerprint density at radius 2 is 2.06 bits per heavy atom. The topological polar surface area (TPSA) is 130 Å². The summed E-state index contributed by atoms with van der Waals surface area (Å²) in [6.07, 6.45) is 6.53. The summed E-state index contributed by atoms with van der Waals surface area (Å²) in [6, 6.07) is 8.49. The van der Waals surface area contributed by atoms with Crippen LogP contribution in [0.1, 0.15) is 22.4 Å². The number of hydrogen-bond donors (Lipinski definition) is 3. The molecule has 0 bridgehead atoms. The molecule has 3 heterocycles. The van der Waals surface area contributed by atoms with Gasteiger partial charge in [-0.3, -0.25) is 20.7 Å². The smallest absolute Gasteiger partial charge is 0.323 e. The Bertz CT molecular complexity index is 1060. The number of nitrogen functional groups attached to an aromatic ring is 1. The van der Waals surface area contributed by atoms with Crippen LogP contribution in [0.15, 0.2) is 55.1 Å². The fourth-order valence-electron chi connectivity index (χ4n) is 2.96. The first kappa shape index (κ1) is 21.8. The van der Waals surface area contributed by atoms with E-state index in [1.165, 1.54) is 6.20 Å². The average Bonchev–Trinajstić information content (AvgIpc) is 2.77. The highest BCUT2D eigenvalue weighted by Crippen LogP contribution is 2.19. The molecule has 0 aliphatic rings. The molecule has 9 nitrogen and oxygen atoms in total. The molecule has 3 rings (SSSR count). The second-order valence-corrected chi connectivity index (χ2v) is 6.92. The Hall–Kier alpha value is -3.85. The Kier molecular flexibility index (Phi) is 7.23. The van der Waals surface area contributed by atoms with E-state index in [0.717, 1.165) is 11.3 Å². The fraction of sp³-hybridized carbons (Fsp3) is 0.227. The molecule has 9 heteroatoms. The maximum atomic E-state index is 12.8. The lowest BCUT2D eigenvalue weighted by atomic mass is 10.0. The summed E-state index contributed by atoms with van der Waals surface area (Å²) in [7, 11) is 1.58. The van der Waals surface area contributed by atoms with Gasteiger partial charge in [0.2, 0.25) is 0 Å². The van der Waals surface area contributed by atoms with Crippen molar-refractivity contribution in [2.24, 2.45) is 0 Å². The van der Waals surface area contributed by atoms with E-state index in [9.17, 15) is 4.79 Å². The van der Waals surface area contributed by atoms with Crippen molar-refractivity contribution in [1.82, 2.24) is 19.9 Å². The number of amides is 2. The molecule has 0 unspecified atom stereocenters. The van der Waals surface area contributed by atoms with Crippen LogP contribution in [0, 0.1) is 12.3 Å². The highest BCUT2D eigenvalue weighted by atomic mass is 16.5. The molecule has 0 saturated heterocycles. The number of carbonyl (C=O) groups is 1. The maximum absolute atomic E-state index is 12.8. The molecule has 0 aromatic carbocycles. The number of methoxy groups -OCH3 is 1. The van der Waals surface area contributed by atoms with Gasteiger partial charge in [-0.15, -0.1) is 0 Å². The molecule has 2 amide bonds. The lowest BCUT2D eigenvalue weighted by Crippen LogP contribution is -2.37. The van der Waals surface area contributed by atoms with Crippen molar-refractivity contribution in [1.29, 1.82) is 5.41 Å². The van der Waals surface area contributed by atoms with Crippen LogP contribution in [0.5, 0.6) is 0 Å². The predicted octanol–water partition coefficient (Wildman–Crippen LogP) is 2.86. The number of nitrogens with zero attached hydrogens (tertiary/aromatic N) is 4. The van der Waals surface area contributed by atoms with Crippen molar-refractivity contribution in [2.75, 3.05) is 31.3 Å². The Labute approximate surface area is 180 Å². The molecule has 160 valence electrons. The molecular formula is C22H25N7O2. The number of nitrogens with two attached hydrogens (primary N) is 1. The van der Waals surface area contributed by atoms with Gasteiger partial charge in [0.05, 0.1) is 12.3 Å². The van der Waals surface area contributed by atoms with E-state index in [0.29, 0.717) is 42.3 Å². The molecule has 0 atom stereocenters. The number of anilines is 2. The SMILES string of the molecule is COCCN(Cc1cccnc1)C(=O)Nc1cc(N)c(C(=N)c2ccnc(C)c2)cn1. The highest BCUT2D eigenvalue weighted by molar-refractivity contribution is 6.13. The number of urea groups is 1. The zero-order valence-electron chi connectivity index (χ0n) is 17.5. The van der Waals surface area contributed by atoms with Gasteiger partial charge in [-0.1, -0.05) is 6.07 Å². The molecule has 0 fully saturated rings. The van der Waals surface area contributed by atoms with Crippen LogP contribution in [0.2, 0.25) is 0 Å². The Morgan fingerprint density at radius 3 is 2.74 bits per heavy atom. The van der Waals surface area contributed by atoms with E-state index in [1.54, 1.807) is 42.7 Å². The molecule has 0 spiro atoms. The average molecular weight is 419 g/mol. The monoisotopic (exact) mass is 419 g/mol. The summed E-state index contributed by atoms with van der Waals surface area (Å²) < 4.78 is 5.12. The first-order valence-corrected chi connectivity index (χ1v) is 9.69. The number of nitrogens with one attached hydrogen (secondary N) is 2. The summed E-state index contributed by atoms with van der Waals surface area (Å²) in [4.78, 5) is 26.9. The van der Waals surface area contributed by atoms with Crippen molar-refractivity contribution >= 4 is 23.2 Å². The van der Waals surface area contributed by atoms with Crippen molar-refractivity contribution in [3.05, 3.63) is 77.5 Å². The van der Waals surface area contributed by atoms with Gasteiger partial charge in [0.15, 0.2) is 0 Å². The highest BCUT2D eigenvalue weighted by Gasteiger charge is 2.16. The largest absolute Gasteiger partial charge is 0.398 e. The zero-order valence-corrected chi connectivity index (χ0v) is 17.5. The third kappa shape index (κ3) is 5.83. The standard InChI is InChI=1S/C22H25N7O2/c1-15-10-17(5-7-26-15)21(24)18-13-27-20(11-19(18)23)28-22(30)29(8-9-31-2)14-16-4-3-6-25-12-16/h3-7,10-13,24H,8-9,14H2,1-2H3,(H3,23,27,28,30). The molecule has 4 N–H and O–H groups in total. The maximum Gasteiger partial charge on any atom is 0.323 e. The van der Waals surface area contributed by atoms with Crippen LogP contribution < -0.4 is 11.1 Å². The van der Waals surface area contributed by atoms with Crippen LogP contribution in [-0.4, -0.2) is 51.9 Å². The summed E-state index contributed by atoms with van der Waals surface area (Å²) in [5, 5.41) is 11.2. The minimum absolute atomic E-state index is 0.242. The van der Waals surface area contributed by atoms with Gasteiger partial charge in [0, 0.05) is 73.6 Å². The first-order chi connectivity index (χ1) is 15.0. The van der Waals surface area contributed by atoms with Gasteiger partial charge in [-0.05, 0) is 30.7 Å². The van der Waals surface area contributed by atoms with Gasteiger partial charge >= 0.3 is 6.03 Å². The van der Waals surface area contributed by atoms with Crippen LogP contribution in [0.3, 0.4) is 0 Å². The molecule has 31 heavy (non-hydrogen) atoms. The zero-order chi connectivity index (χ0) is 22.2. The summed E-state index contributed by atoms with van der Waals surface area (Å²) in [5.41, 5.74) is 9.64. The third-order valence-corrected chi connectivity index (χ3v) is 4.57. The van der Waals surface area contributed by atoms with Crippen LogP contribution in [0.25, 0.3) is 0 Å². The van der Waals surface area contributed by atoms with Gasteiger partial charge in [-0.2, -0.15) is 0 Å². The number of aromatic nitrogens is 3. The first-order valence-electron chi connectivity index (χ1n) is 9.69.